The van der Waals surface area contributed by atoms with E-state index in [0.717, 1.165) is 53.2 Å². The Morgan fingerprint density at radius 2 is 1.69 bits per heavy atom. The lowest BCUT2D eigenvalue weighted by molar-refractivity contribution is -0.142. The van der Waals surface area contributed by atoms with Gasteiger partial charge in [0.05, 0.1) is 55.6 Å². The van der Waals surface area contributed by atoms with Gasteiger partial charge in [-0.25, -0.2) is 8.42 Å². The van der Waals surface area contributed by atoms with E-state index in [1.807, 2.05) is 38.1 Å². The summed E-state index contributed by atoms with van der Waals surface area (Å²) in [4.78, 5) is 14.8. The zero-order valence-corrected chi connectivity index (χ0v) is 31.7. The first-order chi connectivity index (χ1) is 25.1. The lowest BCUT2D eigenvalue weighted by atomic mass is 9.81. The lowest BCUT2D eigenvalue weighted by Crippen LogP contribution is -2.53. The van der Waals surface area contributed by atoms with Crippen molar-refractivity contribution in [3.8, 4) is 5.75 Å². The van der Waals surface area contributed by atoms with Gasteiger partial charge in [-0.15, -0.1) is 0 Å². The molecule has 1 fully saturated rings. The van der Waals surface area contributed by atoms with E-state index in [1.54, 1.807) is 38.5 Å². The minimum absolute atomic E-state index is 0.0840. The molecule has 0 radical (unpaired) electrons. The van der Waals surface area contributed by atoms with Crippen LogP contribution in [0.4, 0.5) is 5.69 Å². The van der Waals surface area contributed by atoms with E-state index in [9.17, 15) is 18.3 Å². The number of sulfonamides is 1. The highest BCUT2D eigenvalue weighted by molar-refractivity contribution is 7.89. The van der Waals surface area contributed by atoms with Gasteiger partial charge < -0.3 is 33.7 Å². The molecule has 4 unspecified atom stereocenters. The van der Waals surface area contributed by atoms with Crippen LogP contribution in [0.2, 0.25) is 0 Å². The van der Waals surface area contributed by atoms with Gasteiger partial charge in [-0.2, -0.15) is 4.31 Å². The van der Waals surface area contributed by atoms with Crippen molar-refractivity contribution in [3.63, 3.8) is 0 Å². The average Bonchev–Trinajstić information content (AvgIpc) is 3.15. The zero-order valence-electron chi connectivity index (χ0n) is 30.9. The van der Waals surface area contributed by atoms with Crippen LogP contribution in [0.25, 0.3) is 0 Å². The van der Waals surface area contributed by atoms with Gasteiger partial charge >= 0.3 is 5.97 Å². The Morgan fingerprint density at radius 3 is 2.38 bits per heavy atom. The Morgan fingerprint density at radius 1 is 0.962 bits per heavy atom. The van der Waals surface area contributed by atoms with E-state index >= 15 is 0 Å². The van der Waals surface area contributed by atoms with Crippen LogP contribution in [-0.2, 0) is 47.0 Å². The molecule has 0 spiro atoms. The van der Waals surface area contributed by atoms with E-state index in [2.05, 4.69) is 23.1 Å². The van der Waals surface area contributed by atoms with Crippen molar-refractivity contribution >= 4 is 21.7 Å². The van der Waals surface area contributed by atoms with Crippen molar-refractivity contribution < 1.29 is 42.0 Å². The molecule has 1 saturated heterocycles. The van der Waals surface area contributed by atoms with Crippen molar-refractivity contribution in [2.45, 2.75) is 75.7 Å². The number of ether oxygens (including phenoxy) is 5. The highest BCUT2D eigenvalue weighted by Crippen LogP contribution is 2.40. The molecule has 11 nitrogen and oxygen atoms in total. The average molecular weight is 739 g/mol. The van der Waals surface area contributed by atoms with Gasteiger partial charge in [-0.3, -0.25) is 4.79 Å². The molecule has 0 aliphatic carbocycles. The topological polar surface area (TPSA) is 124 Å². The number of aryl methyl sites for hydroxylation is 1. The van der Waals surface area contributed by atoms with Gasteiger partial charge in [0.15, 0.2) is 0 Å². The third-order valence-electron chi connectivity index (χ3n) is 10.1. The molecule has 2 aliphatic rings. The number of nitrogens with zero attached hydrogens (tertiary/aromatic N) is 2. The first kappa shape index (κ1) is 39.7. The van der Waals surface area contributed by atoms with E-state index in [0.29, 0.717) is 45.9 Å². The maximum atomic E-state index is 14.4. The minimum atomic E-state index is -3.98. The molecule has 2 aliphatic heterocycles. The van der Waals surface area contributed by atoms with Crippen LogP contribution in [0.5, 0.6) is 5.75 Å². The summed E-state index contributed by atoms with van der Waals surface area (Å²) in [6.45, 7) is 8.46. The van der Waals surface area contributed by atoms with Crippen molar-refractivity contribution in [1.82, 2.24) is 4.31 Å². The second-order valence-electron chi connectivity index (χ2n) is 13.7. The maximum Gasteiger partial charge on any atom is 0.306 e. The Kier molecular flexibility index (Phi) is 14.5. The van der Waals surface area contributed by atoms with E-state index in [4.69, 9.17) is 23.7 Å². The molecule has 0 saturated carbocycles. The molecule has 1 N–H and O–H groups in total. The second-order valence-corrected chi connectivity index (χ2v) is 15.6. The van der Waals surface area contributed by atoms with Crippen LogP contribution in [-0.4, -0.2) is 96.2 Å². The first-order valence-electron chi connectivity index (χ1n) is 18.2. The van der Waals surface area contributed by atoms with Gasteiger partial charge in [0.1, 0.15) is 12.4 Å². The Hall–Kier alpha value is -3.52. The number of methoxy groups -OCH3 is 2. The number of hydrogen-bond donors (Lipinski definition) is 1. The van der Waals surface area contributed by atoms with Crippen molar-refractivity contribution in [2.24, 2.45) is 5.92 Å². The molecule has 4 atom stereocenters. The Balaban J connectivity index is 1.46. The molecule has 0 aromatic heterocycles. The number of carboxylic acids is 1. The van der Waals surface area contributed by atoms with Crippen molar-refractivity contribution in [1.29, 1.82) is 0 Å². The number of carbonyl (C=O) groups is 1. The molecule has 5 rings (SSSR count). The number of rotatable bonds is 19. The number of aliphatic carboxylic acids is 1. The van der Waals surface area contributed by atoms with E-state index in [-0.39, 0.29) is 30.4 Å². The molecule has 0 bridgehead atoms. The number of benzene rings is 3. The molecule has 0 amide bonds. The molecular weight excluding hydrogens is 685 g/mol. The van der Waals surface area contributed by atoms with Crippen molar-refractivity contribution in [2.75, 3.05) is 65.2 Å². The summed E-state index contributed by atoms with van der Waals surface area (Å²) >= 11 is 0. The molecular formula is C40H54N2O9S. The third kappa shape index (κ3) is 10.1. The van der Waals surface area contributed by atoms with Gasteiger partial charge in [0.2, 0.25) is 10.0 Å². The SMILES string of the molecule is CCC(CC1CC(c2ccc(COCCOC)cc2)C(OCc2ccc3c(c2)N(CCCOC)CCO3)CN1S(=O)(=O)c1ccc(C)cc1)C(=O)O. The maximum absolute atomic E-state index is 14.4. The molecule has 3 aromatic rings. The molecule has 2 heterocycles. The van der Waals surface area contributed by atoms with E-state index in [1.165, 1.54) is 4.31 Å². The summed E-state index contributed by atoms with van der Waals surface area (Å²) in [6, 6.07) is 20.5. The van der Waals surface area contributed by atoms with Gasteiger partial charge in [0, 0.05) is 45.9 Å². The lowest BCUT2D eigenvalue weighted by Gasteiger charge is -2.44. The molecule has 52 heavy (non-hydrogen) atoms. The standard InChI is InChI=1S/C40H54N2O9S/c1-5-32(40(43)44)24-34-25-36(33-12-9-30(10-13-33)27-49-22-21-48-4)39(26-42(34)52(45,46)35-14-7-29(2)8-15-35)51-28-31-11-16-38-37(23-31)41(18-20-50-38)17-6-19-47-3/h7-16,23,32,34,36,39H,5-6,17-22,24-28H2,1-4H3,(H,43,44). The summed E-state index contributed by atoms with van der Waals surface area (Å²) in [5.41, 5.74) is 4.93. The van der Waals surface area contributed by atoms with Crippen molar-refractivity contribution in [3.05, 3.63) is 89.0 Å². The van der Waals surface area contributed by atoms with Crippen LogP contribution >= 0.6 is 0 Å². The van der Waals surface area contributed by atoms with Gasteiger partial charge in [0.25, 0.3) is 0 Å². The fraction of sp³-hybridized carbons (Fsp3) is 0.525. The first-order valence-corrected chi connectivity index (χ1v) is 19.7. The fourth-order valence-corrected chi connectivity index (χ4v) is 8.76. The minimum Gasteiger partial charge on any atom is -0.490 e. The zero-order chi connectivity index (χ0) is 37.1. The molecule has 3 aromatic carbocycles. The Labute approximate surface area is 308 Å². The number of piperidine rings is 1. The number of fused-ring (bicyclic) bond motifs is 1. The van der Waals surface area contributed by atoms with Gasteiger partial charge in [-0.05, 0) is 73.6 Å². The monoisotopic (exact) mass is 738 g/mol. The highest BCUT2D eigenvalue weighted by atomic mass is 32.2. The number of anilines is 1. The van der Waals surface area contributed by atoms with Crippen LogP contribution in [0.1, 0.15) is 60.8 Å². The smallest absolute Gasteiger partial charge is 0.306 e. The molecule has 284 valence electrons. The fourth-order valence-electron chi connectivity index (χ4n) is 7.10. The third-order valence-corrected chi connectivity index (χ3v) is 12.0. The number of hydrogen-bond acceptors (Lipinski definition) is 9. The second kappa shape index (κ2) is 19.0. The van der Waals surface area contributed by atoms with Crippen LogP contribution < -0.4 is 9.64 Å². The Bertz CT molecular complexity index is 1680. The summed E-state index contributed by atoms with van der Waals surface area (Å²) in [5.74, 6) is -0.960. The molecule has 12 heteroatoms. The highest BCUT2D eigenvalue weighted by Gasteiger charge is 2.44. The van der Waals surface area contributed by atoms with E-state index < -0.39 is 34.1 Å². The van der Waals surface area contributed by atoms with Crippen LogP contribution in [0.15, 0.2) is 71.6 Å². The summed E-state index contributed by atoms with van der Waals surface area (Å²) in [5, 5.41) is 10.1. The predicted octanol–water partition coefficient (Wildman–Crippen LogP) is 6.03. The quantitative estimate of drug-likeness (QED) is 0.146. The summed E-state index contributed by atoms with van der Waals surface area (Å²) < 4.78 is 59.1. The predicted molar refractivity (Wildman–Crippen MR) is 199 cm³/mol. The normalized spacial score (nSPS) is 19.9. The largest absolute Gasteiger partial charge is 0.490 e. The summed E-state index contributed by atoms with van der Waals surface area (Å²) in [7, 11) is -0.636. The van der Waals surface area contributed by atoms with Gasteiger partial charge in [-0.1, -0.05) is 55.0 Å². The summed E-state index contributed by atoms with van der Waals surface area (Å²) in [6.07, 6.45) is 1.41. The van der Waals surface area contributed by atoms with Crippen LogP contribution in [0, 0.1) is 12.8 Å². The van der Waals surface area contributed by atoms with Crippen LogP contribution in [0.3, 0.4) is 0 Å². The number of carboxylic acid groups (broad SMARTS) is 1.